The van der Waals surface area contributed by atoms with E-state index in [1.807, 2.05) is 58.0 Å². The van der Waals surface area contributed by atoms with Crippen LogP contribution in [0.15, 0.2) is 47.3 Å². The first-order valence-corrected chi connectivity index (χ1v) is 8.06. The number of nitrogens with zero attached hydrogens (tertiary/aromatic N) is 1. The standard InChI is InChI=1S/C19H24N2O3/c1-5-21-16(7-6-8-17(21)22)15-11-9-14(10-12-15)13-20-18(23)24-19(2,3)4/h6-12H,5,13H2,1-4H3,(H,20,23). The van der Waals surface area contributed by atoms with E-state index in [2.05, 4.69) is 5.32 Å². The fraction of sp³-hybridized carbons (Fsp3) is 0.368. The molecule has 1 aromatic heterocycles. The zero-order chi connectivity index (χ0) is 17.7. The van der Waals surface area contributed by atoms with Crippen molar-refractivity contribution in [2.45, 2.75) is 46.4 Å². The van der Waals surface area contributed by atoms with Crippen LogP contribution in [0, 0.1) is 0 Å². The molecule has 2 rings (SSSR count). The third-order valence-electron chi connectivity index (χ3n) is 3.45. The minimum absolute atomic E-state index is 0.00864. The molecule has 24 heavy (non-hydrogen) atoms. The number of pyridine rings is 1. The first-order valence-electron chi connectivity index (χ1n) is 8.06. The Morgan fingerprint density at radius 1 is 1.12 bits per heavy atom. The highest BCUT2D eigenvalue weighted by atomic mass is 16.6. The van der Waals surface area contributed by atoms with Crippen molar-refractivity contribution in [2.75, 3.05) is 0 Å². The van der Waals surface area contributed by atoms with Crippen LogP contribution < -0.4 is 10.9 Å². The van der Waals surface area contributed by atoms with Crippen molar-refractivity contribution in [2.24, 2.45) is 0 Å². The second-order valence-corrected chi connectivity index (χ2v) is 6.55. The van der Waals surface area contributed by atoms with Crippen LogP contribution in [0.3, 0.4) is 0 Å². The molecule has 0 saturated carbocycles. The van der Waals surface area contributed by atoms with Crippen molar-refractivity contribution in [3.63, 3.8) is 0 Å². The molecule has 5 heteroatoms. The highest BCUT2D eigenvalue weighted by Gasteiger charge is 2.15. The van der Waals surface area contributed by atoms with Crippen LogP contribution in [-0.2, 0) is 17.8 Å². The lowest BCUT2D eigenvalue weighted by atomic mass is 10.1. The molecule has 0 radical (unpaired) electrons. The average molecular weight is 328 g/mol. The van der Waals surface area contributed by atoms with Crippen LogP contribution in [0.25, 0.3) is 11.3 Å². The zero-order valence-electron chi connectivity index (χ0n) is 14.6. The molecule has 0 saturated heterocycles. The van der Waals surface area contributed by atoms with Gasteiger partial charge in [0.05, 0.1) is 5.69 Å². The predicted octanol–water partition coefficient (Wildman–Crippen LogP) is 3.56. The summed E-state index contributed by atoms with van der Waals surface area (Å²) in [6.07, 6.45) is -0.436. The fourth-order valence-corrected chi connectivity index (χ4v) is 2.38. The summed E-state index contributed by atoms with van der Waals surface area (Å²) in [6.45, 7) is 8.45. The molecular formula is C19H24N2O3. The van der Waals surface area contributed by atoms with Crippen molar-refractivity contribution in [3.05, 3.63) is 58.4 Å². The van der Waals surface area contributed by atoms with Gasteiger partial charge in [-0.3, -0.25) is 4.79 Å². The van der Waals surface area contributed by atoms with E-state index in [-0.39, 0.29) is 5.56 Å². The second-order valence-electron chi connectivity index (χ2n) is 6.55. The number of rotatable bonds is 4. The van der Waals surface area contributed by atoms with Crippen LogP contribution >= 0.6 is 0 Å². The molecule has 2 aromatic rings. The Morgan fingerprint density at radius 2 is 1.79 bits per heavy atom. The molecule has 1 N–H and O–H groups in total. The van der Waals surface area contributed by atoms with Crippen molar-refractivity contribution in [3.8, 4) is 11.3 Å². The van der Waals surface area contributed by atoms with E-state index in [1.165, 1.54) is 0 Å². The number of benzene rings is 1. The molecule has 0 bridgehead atoms. The summed E-state index contributed by atoms with van der Waals surface area (Å²) in [6, 6.07) is 13.0. The minimum Gasteiger partial charge on any atom is -0.444 e. The summed E-state index contributed by atoms with van der Waals surface area (Å²) < 4.78 is 6.94. The zero-order valence-corrected chi connectivity index (χ0v) is 14.6. The first-order chi connectivity index (χ1) is 11.3. The van der Waals surface area contributed by atoms with Gasteiger partial charge in [-0.15, -0.1) is 0 Å². The van der Waals surface area contributed by atoms with Crippen molar-refractivity contribution in [1.29, 1.82) is 0 Å². The Hall–Kier alpha value is -2.56. The van der Waals surface area contributed by atoms with E-state index in [4.69, 9.17) is 4.74 Å². The molecule has 128 valence electrons. The smallest absolute Gasteiger partial charge is 0.407 e. The predicted molar refractivity (Wildman–Crippen MR) is 94.9 cm³/mol. The van der Waals surface area contributed by atoms with E-state index in [0.717, 1.165) is 16.8 Å². The summed E-state index contributed by atoms with van der Waals surface area (Å²) in [4.78, 5) is 23.6. The lowest BCUT2D eigenvalue weighted by molar-refractivity contribution is 0.0523. The summed E-state index contributed by atoms with van der Waals surface area (Å²) in [5, 5.41) is 2.73. The highest BCUT2D eigenvalue weighted by Crippen LogP contribution is 2.18. The van der Waals surface area contributed by atoms with Gasteiger partial charge in [0, 0.05) is 19.2 Å². The maximum Gasteiger partial charge on any atom is 0.407 e. The topological polar surface area (TPSA) is 60.3 Å². The van der Waals surface area contributed by atoms with Gasteiger partial charge in [-0.25, -0.2) is 4.79 Å². The third-order valence-corrected chi connectivity index (χ3v) is 3.45. The molecule has 0 fully saturated rings. The normalized spacial score (nSPS) is 11.2. The molecule has 0 spiro atoms. The fourth-order valence-electron chi connectivity index (χ4n) is 2.38. The molecular weight excluding hydrogens is 304 g/mol. The molecule has 1 aromatic carbocycles. The van der Waals surface area contributed by atoms with Crippen LogP contribution in [0.5, 0.6) is 0 Å². The summed E-state index contributed by atoms with van der Waals surface area (Å²) in [5.74, 6) is 0. The molecule has 0 aliphatic heterocycles. The SMILES string of the molecule is CCn1c(-c2ccc(CNC(=O)OC(C)(C)C)cc2)cccc1=O. The molecule has 0 atom stereocenters. The van der Waals surface area contributed by atoms with E-state index >= 15 is 0 Å². The van der Waals surface area contributed by atoms with Crippen molar-refractivity contribution >= 4 is 6.09 Å². The van der Waals surface area contributed by atoms with Crippen LogP contribution in [0.4, 0.5) is 4.79 Å². The minimum atomic E-state index is -0.509. The summed E-state index contributed by atoms with van der Waals surface area (Å²) >= 11 is 0. The Morgan fingerprint density at radius 3 is 2.38 bits per heavy atom. The molecule has 1 amide bonds. The molecule has 1 heterocycles. The van der Waals surface area contributed by atoms with Gasteiger partial charge in [0.25, 0.3) is 5.56 Å². The van der Waals surface area contributed by atoms with Gasteiger partial charge >= 0.3 is 6.09 Å². The van der Waals surface area contributed by atoms with Gasteiger partial charge in [-0.05, 0) is 44.9 Å². The number of hydrogen-bond acceptors (Lipinski definition) is 3. The molecule has 0 unspecified atom stereocenters. The summed E-state index contributed by atoms with van der Waals surface area (Å²) in [5.41, 5.74) is 2.30. The van der Waals surface area contributed by atoms with E-state index < -0.39 is 11.7 Å². The monoisotopic (exact) mass is 328 g/mol. The van der Waals surface area contributed by atoms with Gasteiger partial charge in [0.15, 0.2) is 0 Å². The highest BCUT2D eigenvalue weighted by molar-refractivity contribution is 5.67. The molecule has 0 aliphatic carbocycles. The third kappa shape index (κ3) is 4.72. The van der Waals surface area contributed by atoms with Crippen molar-refractivity contribution in [1.82, 2.24) is 9.88 Å². The van der Waals surface area contributed by atoms with E-state index in [0.29, 0.717) is 13.1 Å². The van der Waals surface area contributed by atoms with E-state index in [1.54, 1.807) is 16.7 Å². The van der Waals surface area contributed by atoms with Gasteiger partial charge in [-0.1, -0.05) is 30.3 Å². The molecule has 5 nitrogen and oxygen atoms in total. The quantitative estimate of drug-likeness (QED) is 0.933. The number of nitrogens with one attached hydrogen (secondary N) is 1. The Bertz CT molecular complexity index is 755. The lowest BCUT2D eigenvalue weighted by Crippen LogP contribution is -2.32. The number of amides is 1. The second kappa shape index (κ2) is 7.34. The number of ether oxygens (including phenoxy) is 1. The Labute approximate surface area is 142 Å². The number of aromatic nitrogens is 1. The maximum atomic E-state index is 11.9. The van der Waals surface area contributed by atoms with Crippen LogP contribution in [0.1, 0.15) is 33.3 Å². The Balaban J connectivity index is 2.08. The number of alkyl carbamates (subject to hydrolysis) is 1. The van der Waals surface area contributed by atoms with Gasteiger partial charge in [-0.2, -0.15) is 0 Å². The maximum absolute atomic E-state index is 11.9. The number of hydrogen-bond donors (Lipinski definition) is 1. The Kier molecular flexibility index (Phi) is 5.44. The largest absolute Gasteiger partial charge is 0.444 e. The van der Waals surface area contributed by atoms with Crippen LogP contribution in [-0.4, -0.2) is 16.3 Å². The number of carbonyl (C=O) groups excluding carboxylic acids is 1. The molecule has 0 aliphatic rings. The van der Waals surface area contributed by atoms with Gasteiger partial charge in [0.1, 0.15) is 5.60 Å². The number of carbonyl (C=O) groups is 1. The van der Waals surface area contributed by atoms with Crippen LogP contribution in [0.2, 0.25) is 0 Å². The summed E-state index contributed by atoms with van der Waals surface area (Å²) in [7, 11) is 0. The van der Waals surface area contributed by atoms with E-state index in [9.17, 15) is 9.59 Å². The van der Waals surface area contributed by atoms with Gasteiger partial charge < -0.3 is 14.6 Å². The van der Waals surface area contributed by atoms with Gasteiger partial charge in [0.2, 0.25) is 0 Å². The average Bonchev–Trinajstić information content (AvgIpc) is 2.51. The van der Waals surface area contributed by atoms with Crippen molar-refractivity contribution < 1.29 is 9.53 Å². The lowest BCUT2D eigenvalue weighted by Gasteiger charge is -2.19. The first kappa shape index (κ1) is 17.8.